The zero-order valence-electron chi connectivity index (χ0n) is 17.5. The fourth-order valence-corrected chi connectivity index (χ4v) is 3.55. The van der Waals surface area contributed by atoms with Crippen molar-refractivity contribution in [3.63, 3.8) is 0 Å². The number of nitrogens with zero attached hydrogens (tertiary/aromatic N) is 1. The van der Waals surface area contributed by atoms with Crippen LogP contribution >= 0.6 is 0 Å². The van der Waals surface area contributed by atoms with Gasteiger partial charge in [0.15, 0.2) is 0 Å². The van der Waals surface area contributed by atoms with E-state index in [2.05, 4.69) is 5.32 Å². The minimum Gasteiger partial charge on any atom is -0.497 e. The van der Waals surface area contributed by atoms with Crippen LogP contribution in [-0.4, -0.2) is 44.0 Å². The van der Waals surface area contributed by atoms with Crippen molar-refractivity contribution in [2.45, 2.75) is 19.4 Å². The van der Waals surface area contributed by atoms with Gasteiger partial charge >= 0.3 is 0 Å². The SMILES string of the molecule is COc1ccc(OC)c(CNC(=O)C2CCN(C(=O)/C=C/c3ccccc3)CC2)c1. The lowest BCUT2D eigenvalue weighted by Gasteiger charge is -2.30. The van der Waals surface area contributed by atoms with Crippen molar-refractivity contribution < 1.29 is 19.1 Å². The van der Waals surface area contributed by atoms with E-state index in [1.165, 1.54) is 0 Å². The van der Waals surface area contributed by atoms with E-state index in [9.17, 15) is 9.59 Å². The number of methoxy groups -OCH3 is 2. The van der Waals surface area contributed by atoms with Crippen molar-refractivity contribution in [2.75, 3.05) is 27.3 Å². The molecule has 1 fully saturated rings. The maximum absolute atomic E-state index is 12.6. The number of likely N-dealkylation sites (tertiary alicyclic amines) is 1. The van der Waals surface area contributed by atoms with Crippen molar-refractivity contribution in [1.29, 1.82) is 0 Å². The quantitative estimate of drug-likeness (QED) is 0.714. The summed E-state index contributed by atoms with van der Waals surface area (Å²) in [5, 5.41) is 2.99. The molecule has 0 unspecified atom stereocenters. The first-order valence-electron chi connectivity index (χ1n) is 10.1. The maximum Gasteiger partial charge on any atom is 0.246 e. The number of piperidine rings is 1. The monoisotopic (exact) mass is 408 g/mol. The Labute approximate surface area is 177 Å². The number of benzene rings is 2. The average molecular weight is 408 g/mol. The second kappa shape index (κ2) is 10.5. The van der Waals surface area contributed by atoms with Gasteiger partial charge in [-0.2, -0.15) is 0 Å². The number of hydrogen-bond acceptors (Lipinski definition) is 4. The van der Waals surface area contributed by atoms with Crippen LogP contribution in [0.2, 0.25) is 0 Å². The van der Waals surface area contributed by atoms with E-state index in [1.807, 2.05) is 54.6 Å². The zero-order valence-corrected chi connectivity index (χ0v) is 17.5. The Kier molecular flexibility index (Phi) is 7.49. The van der Waals surface area contributed by atoms with E-state index in [0.29, 0.717) is 38.2 Å². The average Bonchev–Trinajstić information content (AvgIpc) is 2.81. The van der Waals surface area contributed by atoms with Crippen molar-refractivity contribution in [1.82, 2.24) is 10.2 Å². The molecule has 6 heteroatoms. The van der Waals surface area contributed by atoms with Crippen LogP contribution in [0.15, 0.2) is 54.6 Å². The summed E-state index contributed by atoms with van der Waals surface area (Å²) in [6.45, 7) is 1.54. The summed E-state index contributed by atoms with van der Waals surface area (Å²) >= 11 is 0. The number of hydrogen-bond donors (Lipinski definition) is 1. The number of amides is 2. The Morgan fingerprint density at radius 2 is 1.80 bits per heavy atom. The summed E-state index contributed by atoms with van der Waals surface area (Å²) < 4.78 is 10.6. The van der Waals surface area contributed by atoms with Gasteiger partial charge in [0.2, 0.25) is 11.8 Å². The van der Waals surface area contributed by atoms with Crippen LogP contribution < -0.4 is 14.8 Å². The summed E-state index contributed by atoms with van der Waals surface area (Å²) in [4.78, 5) is 26.8. The molecule has 0 spiro atoms. The second-order valence-electron chi connectivity index (χ2n) is 7.24. The van der Waals surface area contributed by atoms with Crippen molar-refractivity contribution in [2.24, 2.45) is 5.92 Å². The number of nitrogens with one attached hydrogen (secondary N) is 1. The van der Waals surface area contributed by atoms with Crippen LogP contribution in [0.4, 0.5) is 0 Å². The molecular weight excluding hydrogens is 380 g/mol. The van der Waals surface area contributed by atoms with Gasteiger partial charge in [-0.1, -0.05) is 30.3 Å². The molecule has 0 bridgehead atoms. The van der Waals surface area contributed by atoms with E-state index in [4.69, 9.17) is 9.47 Å². The molecule has 0 aromatic heterocycles. The molecule has 1 aliphatic heterocycles. The molecule has 2 aromatic rings. The smallest absolute Gasteiger partial charge is 0.246 e. The lowest BCUT2D eigenvalue weighted by atomic mass is 9.95. The fourth-order valence-electron chi connectivity index (χ4n) is 3.55. The van der Waals surface area contributed by atoms with Crippen molar-refractivity contribution in [3.8, 4) is 11.5 Å². The summed E-state index contributed by atoms with van der Waals surface area (Å²) in [6, 6.07) is 15.2. The first kappa shape index (κ1) is 21.4. The van der Waals surface area contributed by atoms with Crippen LogP contribution in [0.3, 0.4) is 0 Å². The normalized spacial score (nSPS) is 14.5. The van der Waals surface area contributed by atoms with Crippen LogP contribution in [0.5, 0.6) is 11.5 Å². The van der Waals surface area contributed by atoms with Gasteiger partial charge in [-0.25, -0.2) is 0 Å². The molecule has 0 radical (unpaired) electrons. The Balaban J connectivity index is 1.48. The van der Waals surface area contributed by atoms with Gasteiger partial charge in [-0.3, -0.25) is 9.59 Å². The lowest BCUT2D eigenvalue weighted by molar-refractivity contribution is -0.132. The molecule has 158 valence electrons. The highest BCUT2D eigenvalue weighted by molar-refractivity contribution is 5.92. The minimum absolute atomic E-state index is 0.00630. The standard InChI is InChI=1S/C24H28N2O4/c1-29-21-9-10-22(30-2)20(16-21)17-25-24(28)19-12-14-26(15-13-19)23(27)11-8-18-6-4-3-5-7-18/h3-11,16,19H,12-15,17H2,1-2H3,(H,25,28)/b11-8+. The van der Waals surface area contributed by atoms with Crippen LogP contribution in [0.1, 0.15) is 24.0 Å². The lowest BCUT2D eigenvalue weighted by Crippen LogP contribution is -2.42. The Bertz CT molecular complexity index is 887. The molecule has 0 atom stereocenters. The molecule has 2 amide bonds. The first-order chi connectivity index (χ1) is 14.6. The summed E-state index contributed by atoms with van der Waals surface area (Å²) in [7, 11) is 3.21. The van der Waals surface area contributed by atoms with Crippen LogP contribution in [0.25, 0.3) is 6.08 Å². The van der Waals surface area contributed by atoms with Crippen LogP contribution in [0, 0.1) is 5.92 Å². The Morgan fingerprint density at radius 3 is 2.47 bits per heavy atom. The second-order valence-corrected chi connectivity index (χ2v) is 7.24. The maximum atomic E-state index is 12.6. The van der Waals surface area contributed by atoms with Gasteiger partial charge in [0.1, 0.15) is 11.5 Å². The molecule has 1 N–H and O–H groups in total. The van der Waals surface area contributed by atoms with E-state index >= 15 is 0 Å². The summed E-state index contributed by atoms with van der Waals surface area (Å²) in [5.41, 5.74) is 1.86. The van der Waals surface area contributed by atoms with E-state index in [-0.39, 0.29) is 17.7 Å². The first-order valence-corrected chi connectivity index (χ1v) is 10.1. The predicted molar refractivity (Wildman–Crippen MR) is 116 cm³/mol. The van der Waals surface area contributed by atoms with Gasteiger partial charge in [0.25, 0.3) is 0 Å². The van der Waals surface area contributed by atoms with E-state index in [1.54, 1.807) is 25.2 Å². The van der Waals surface area contributed by atoms with Gasteiger partial charge in [-0.05, 0) is 42.7 Å². The molecule has 0 saturated carbocycles. The topological polar surface area (TPSA) is 67.9 Å². The van der Waals surface area contributed by atoms with Gasteiger partial charge in [0.05, 0.1) is 14.2 Å². The van der Waals surface area contributed by atoms with Crippen molar-refractivity contribution >= 4 is 17.9 Å². The Morgan fingerprint density at radius 1 is 1.07 bits per heavy atom. The highest BCUT2D eigenvalue weighted by Gasteiger charge is 2.26. The molecule has 1 saturated heterocycles. The third-order valence-corrected chi connectivity index (χ3v) is 5.34. The van der Waals surface area contributed by atoms with E-state index < -0.39 is 0 Å². The molecule has 1 heterocycles. The van der Waals surface area contributed by atoms with E-state index in [0.717, 1.165) is 16.9 Å². The summed E-state index contributed by atoms with van der Waals surface area (Å²) in [6.07, 6.45) is 4.74. The third kappa shape index (κ3) is 5.63. The minimum atomic E-state index is -0.0937. The molecule has 2 aromatic carbocycles. The Hall–Kier alpha value is -3.28. The van der Waals surface area contributed by atoms with Crippen molar-refractivity contribution in [3.05, 3.63) is 65.7 Å². The highest BCUT2D eigenvalue weighted by Crippen LogP contribution is 2.24. The predicted octanol–water partition coefficient (Wildman–Crippen LogP) is 3.27. The van der Waals surface area contributed by atoms with Gasteiger partial charge in [-0.15, -0.1) is 0 Å². The molecule has 6 nitrogen and oxygen atoms in total. The molecule has 30 heavy (non-hydrogen) atoms. The van der Waals surface area contributed by atoms with Crippen LogP contribution in [-0.2, 0) is 16.1 Å². The highest BCUT2D eigenvalue weighted by atomic mass is 16.5. The van der Waals surface area contributed by atoms with Gasteiger partial charge < -0.3 is 19.7 Å². The number of rotatable bonds is 7. The largest absolute Gasteiger partial charge is 0.497 e. The number of carbonyl (C=O) groups is 2. The third-order valence-electron chi connectivity index (χ3n) is 5.34. The molecular formula is C24H28N2O4. The zero-order chi connectivity index (χ0) is 21.3. The molecule has 0 aliphatic carbocycles. The molecule has 1 aliphatic rings. The number of ether oxygens (including phenoxy) is 2. The van der Waals surface area contributed by atoms with Gasteiger partial charge in [0, 0.05) is 37.2 Å². The molecule has 3 rings (SSSR count). The number of carbonyl (C=O) groups excluding carboxylic acids is 2. The summed E-state index contributed by atoms with van der Waals surface area (Å²) in [5.74, 6) is 1.33. The fraction of sp³-hybridized carbons (Fsp3) is 0.333.